The number of benzene rings is 2. The summed E-state index contributed by atoms with van der Waals surface area (Å²) in [7, 11) is -3.62. The summed E-state index contributed by atoms with van der Waals surface area (Å²) >= 11 is 0. The molecule has 1 fully saturated rings. The monoisotopic (exact) mass is 390 g/mol. The van der Waals surface area contributed by atoms with E-state index in [0.29, 0.717) is 29.9 Å². The van der Waals surface area contributed by atoms with Crippen LogP contribution in [0.4, 0.5) is 10.1 Å². The van der Waals surface area contributed by atoms with Crippen LogP contribution in [0.3, 0.4) is 0 Å². The SMILES string of the molecule is Cc1cc(NC(=O)c2cc(S(=O)(=O)N3CCCCC3)ccc2C)ccc1F. The van der Waals surface area contributed by atoms with Crippen LogP contribution in [-0.4, -0.2) is 31.7 Å². The normalized spacial score (nSPS) is 15.5. The maximum atomic E-state index is 13.4. The number of rotatable bonds is 4. The van der Waals surface area contributed by atoms with E-state index in [0.717, 1.165) is 19.3 Å². The third-order valence-electron chi connectivity index (χ3n) is 4.82. The molecule has 1 saturated heterocycles. The van der Waals surface area contributed by atoms with Crippen LogP contribution in [0.2, 0.25) is 0 Å². The number of anilines is 1. The average Bonchev–Trinajstić information content (AvgIpc) is 2.65. The minimum absolute atomic E-state index is 0.121. The van der Waals surface area contributed by atoms with Gasteiger partial charge in [-0.15, -0.1) is 0 Å². The van der Waals surface area contributed by atoms with Crippen molar-refractivity contribution in [2.24, 2.45) is 0 Å². The van der Waals surface area contributed by atoms with Gasteiger partial charge in [-0.25, -0.2) is 12.8 Å². The van der Waals surface area contributed by atoms with Gasteiger partial charge in [0.25, 0.3) is 5.91 Å². The number of nitrogens with one attached hydrogen (secondary N) is 1. The molecule has 0 aliphatic carbocycles. The highest BCUT2D eigenvalue weighted by Crippen LogP contribution is 2.24. The van der Waals surface area contributed by atoms with E-state index in [2.05, 4.69) is 5.32 Å². The predicted molar refractivity (Wildman–Crippen MR) is 103 cm³/mol. The Hall–Kier alpha value is -2.25. The first-order valence-corrected chi connectivity index (χ1v) is 10.4. The summed E-state index contributed by atoms with van der Waals surface area (Å²) in [5.74, 6) is -0.770. The van der Waals surface area contributed by atoms with Crippen molar-refractivity contribution in [2.45, 2.75) is 38.0 Å². The Morgan fingerprint density at radius 3 is 2.37 bits per heavy atom. The molecular formula is C20H23FN2O3S. The minimum atomic E-state index is -3.62. The number of halogens is 1. The zero-order valence-corrected chi connectivity index (χ0v) is 16.3. The Labute approximate surface area is 159 Å². The molecule has 0 atom stereocenters. The molecule has 2 aromatic rings. The molecule has 5 nitrogen and oxygen atoms in total. The summed E-state index contributed by atoms with van der Waals surface area (Å²) in [6.07, 6.45) is 2.73. The fraction of sp³-hybridized carbons (Fsp3) is 0.350. The van der Waals surface area contributed by atoms with Gasteiger partial charge < -0.3 is 5.32 Å². The van der Waals surface area contributed by atoms with Crippen LogP contribution >= 0.6 is 0 Å². The molecule has 2 aromatic carbocycles. The molecule has 1 amide bonds. The molecule has 1 N–H and O–H groups in total. The van der Waals surface area contributed by atoms with Crippen molar-refractivity contribution in [3.8, 4) is 0 Å². The molecule has 0 saturated carbocycles. The van der Waals surface area contributed by atoms with Crippen molar-refractivity contribution in [1.29, 1.82) is 0 Å². The topological polar surface area (TPSA) is 66.5 Å². The first-order valence-electron chi connectivity index (χ1n) is 8.97. The molecule has 0 spiro atoms. The lowest BCUT2D eigenvalue weighted by atomic mass is 10.1. The van der Waals surface area contributed by atoms with E-state index >= 15 is 0 Å². The first kappa shape index (κ1) is 19.5. The zero-order chi connectivity index (χ0) is 19.6. The highest BCUT2D eigenvalue weighted by molar-refractivity contribution is 7.89. The zero-order valence-electron chi connectivity index (χ0n) is 15.5. The van der Waals surface area contributed by atoms with Crippen molar-refractivity contribution in [2.75, 3.05) is 18.4 Å². The lowest BCUT2D eigenvalue weighted by molar-refractivity contribution is 0.102. The maximum Gasteiger partial charge on any atom is 0.255 e. The van der Waals surface area contributed by atoms with Gasteiger partial charge in [-0.2, -0.15) is 4.31 Å². The van der Waals surface area contributed by atoms with Gasteiger partial charge in [0.15, 0.2) is 0 Å². The third-order valence-corrected chi connectivity index (χ3v) is 6.72. The number of hydrogen-bond acceptors (Lipinski definition) is 3. The number of piperidine rings is 1. The van der Waals surface area contributed by atoms with E-state index in [1.54, 1.807) is 19.9 Å². The van der Waals surface area contributed by atoms with Crippen LogP contribution in [0.1, 0.15) is 40.7 Å². The van der Waals surface area contributed by atoms with E-state index in [9.17, 15) is 17.6 Å². The molecule has 27 heavy (non-hydrogen) atoms. The average molecular weight is 390 g/mol. The van der Waals surface area contributed by atoms with Gasteiger partial charge in [0, 0.05) is 24.3 Å². The molecule has 1 heterocycles. The predicted octanol–water partition coefficient (Wildman–Crippen LogP) is 3.87. The van der Waals surface area contributed by atoms with Crippen LogP contribution in [0, 0.1) is 19.7 Å². The van der Waals surface area contributed by atoms with Crippen LogP contribution < -0.4 is 5.32 Å². The molecule has 0 aromatic heterocycles. The third kappa shape index (κ3) is 4.20. The van der Waals surface area contributed by atoms with Gasteiger partial charge in [0.2, 0.25) is 10.0 Å². The quantitative estimate of drug-likeness (QED) is 0.862. The summed E-state index contributed by atoms with van der Waals surface area (Å²) < 4.78 is 40.6. The van der Waals surface area contributed by atoms with E-state index in [1.807, 2.05) is 0 Å². The number of hydrogen-bond donors (Lipinski definition) is 1. The first-order chi connectivity index (χ1) is 12.8. The maximum absolute atomic E-state index is 13.4. The summed E-state index contributed by atoms with van der Waals surface area (Å²) in [4.78, 5) is 12.8. The van der Waals surface area contributed by atoms with Gasteiger partial charge in [-0.1, -0.05) is 12.5 Å². The van der Waals surface area contributed by atoms with E-state index < -0.39 is 15.9 Å². The highest BCUT2D eigenvalue weighted by Gasteiger charge is 2.27. The molecule has 144 valence electrons. The summed E-state index contributed by atoms with van der Waals surface area (Å²) in [5.41, 5.74) is 1.84. The lowest BCUT2D eigenvalue weighted by Crippen LogP contribution is -2.35. The van der Waals surface area contributed by atoms with Crippen molar-refractivity contribution in [3.63, 3.8) is 0 Å². The smallest absolute Gasteiger partial charge is 0.255 e. The van der Waals surface area contributed by atoms with Gasteiger partial charge in [-0.3, -0.25) is 4.79 Å². The van der Waals surface area contributed by atoms with Crippen LogP contribution in [0.15, 0.2) is 41.3 Å². The van der Waals surface area contributed by atoms with E-state index in [4.69, 9.17) is 0 Å². The van der Waals surface area contributed by atoms with E-state index in [-0.39, 0.29) is 16.3 Å². The number of carbonyl (C=O) groups is 1. The molecular weight excluding hydrogens is 367 g/mol. The van der Waals surface area contributed by atoms with Crippen LogP contribution in [0.25, 0.3) is 0 Å². The molecule has 7 heteroatoms. The second-order valence-electron chi connectivity index (χ2n) is 6.86. The second kappa shape index (κ2) is 7.78. The van der Waals surface area contributed by atoms with Crippen LogP contribution in [-0.2, 0) is 10.0 Å². The van der Waals surface area contributed by atoms with Gasteiger partial charge in [-0.05, 0) is 68.1 Å². The van der Waals surface area contributed by atoms with Crippen molar-refractivity contribution in [1.82, 2.24) is 4.31 Å². The van der Waals surface area contributed by atoms with Gasteiger partial charge >= 0.3 is 0 Å². The van der Waals surface area contributed by atoms with Gasteiger partial charge in [0.05, 0.1) is 4.90 Å². The van der Waals surface area contributed by atoms with Crippen LogP contribution in [0.5, 0.6) is 0 Å². The van der Waals surface area contributed by atoms with Crippen molar-refractivity contribution < 1.29 is 17.6 Å². The molecule has 0 radical (unpaired) electrons. The standard InChI is InChI=1S/C20H23FN2O3S/c1-14-6-8-17(27(25,26)23-10-4-3-5-11-23)13-18(14)20(24)22-16-7-9-19(21)15(2)12-16/h6-9,12-13H,3-5,10-11H2,1-2H3,(H,22,24). The number of nitrogens with zero attached hydrogens (tertiary/aromatic N) is 1. The molecule has 1 aliphatic rings. The molecule has 3 rings (SSSR count). The molecule has 1 aliphatic heterocycles. The number of sulfonamides is 1. The largest absolute Gasteiger partial charge is 0.322 e. The fourth-order valence-corrected chi connectivity index (χ4v) is 4.73. The number of amides is 1. The Morgan fingerprint density at radius 1 is 1.00 bits per heavy atom. The second-order valence-corrected chi connectivity index (χ2v) is 8.80. The highest BCUT2D eigenvalue weighted by atomic mass is 32.2. The summed E-state index contributed by atoms with van der Waals surface area (Å²) in [6.45, 7) is 4.38. The fourth-order valence-electron chi connectivity index (χ4n) is 3.18. The summed E-state index contributed by atoms with van der Waals surface area (Å²) in [6, 6.07) is 8.90. The van der Waals surface area contributed by atoms with Gasteiger partial charge in [0.1, 0.15) is 5.82 Å². The Morgan fingerprint density at radius 2 is 1.70 bits per heavy atom. The minimum Gasteiger partial charge on any atom is -0.322 e. The Balaban J connectivity index is 1.88. The summed E-state index contributed by atoms with van der Waals surface area (Å²) in [5, 5.41) is 2.71. The Kier molecular flexibility index (Phi) is 5.62. The molecule has 0 unspecified atom stereocenters. The number of carbonyl (C=O) groups excluding carboxylic acids is 1. The Bertz CT molecular complexity index is 967. The van der Waals surface area contributed by atoms with Crippen molar-refractivity contribution >= 4 is 21.6 Å². The lowest BCUT2D eigenvalue weighted by Gasteiger charge is -2.26. The molecule has 0 bridgehead atoms. The number of aryl methyl sites for hydroxylation is 2. The van der Waals surface area contributed by atoms with Crippen molar-refractivity contribution in [3.05, 3.63) is 58.9 Å². The van der Waals surface area contributed by atoms with E-state index in [1.165, 1.54) is 34.6 Å².